The Morgan fingerprint density at radius 3 is 2.50 bits per heavy atom. The van der Waals surface area contributed by atoms with E-state index >= 15 is 0 Å². The second-order valence-corrected chi connectivity index (χ2v) is 7.70. The van der Waals surface area contributed by atoms with Crippen LogP contribution in [0.4, 0.5) is 13.6 Å². The fraction of sp³-hybridized carbons (Fsp3) is 0.571. The molecule has 1 heterocycles. The van der Waals surface area contributed by atoms with E-state index in [9.17, 15) is 23.2 Å². The predicted octanol–water partition coefficient (Wildman–Crippen LogP) is 2.31. The number of carbonyl (C=O) groups is 3. The second kappa shape index (κ2) is 11.5. The lowest BCUT2D eigenvalue weighted by Gasteiger charge is -2.24. The number of rotatable bonds is 6. The second-order valence-electron chi connectivity index (χ2n) is 7.70. The summed E-state index contributed by atoms with van der Waals surface area (Å²) in [6.45, 7) is 2.89. The average Bonchev–Trinajstić information content (AvgIpc) is 2.74. The number of hydrogen-bond acceptors (Lipinski definition) is 3. The molecule has 30 heavy (non-hydrogen) atoms. The number of carbonyl (C=O) groups excluding carboxylic acids is 3. The van der Waals surface area contributed by atoms with Gasteiger partial charge in [-0.3, -0.25) is 9.59 Å². The van der Waals surface area contributed by atoms with Crippen LogP contribution in [0.25, 0.3) is 0 Å². The average molecular weight is 424 g/mol. The van der Waals surface area contributed by atoms with Gasteiger partial charge in [0.05, 0.1) is 0 Å². The molecule has 0 saturated carbocycles. The minimum Gasteiger partial charge on any atom is -0.352 e. The van der Waals surface area contributed by atoms with Crippen LogP contribution < -0.4 is 16.0 Å². The fourth-order valence-electron chi connectivity index (χ4n) is 3.47. The monoisotopic (exact) mass is 424 g/mol. The topological polar surface area (TPSA) is 90.5 Å². The summed E-state index contributed by atoms with van der Waals surface area (Å²) in [5.41, 5.74) is 0.315. The van der Waals surface area contributed by atoms with Crippen molar-refractivity contribution in [2.75, 3.05) is 20.1 Å². The number of amides is 4. The highest BCUT2D eigenvalue weighted by molar-refractivity contribution is 5.85. The van der Waals surface area contributed by atoms with Crippen molar-refractivity contribution in [1.29, 1.82) is 0 Å². The minimum absolute atomic E-state index is 0.0180. The molecule has 1 saturated heterocycles. The van der Waals surface area contributed by atoms with Gasteiger partial charge in [0, 0.05) is 51.1 Å². The van der Waals surface area contributed by atoms with Gasteiger partial charge in [0.2, 0.25) is 11.8 Å². The van der Waals surface area contributed by atoms with E-state index in [0.717, 1.165) is 24.6 Å². The van der Waals surface area contributed by atoms with E-state index in [-0.39, 0.29) is 36.9 Å². The molecule has 1 aromatic rings. The van der Waals surface area contributed by atoms with E-state index in [4.69, 9.17) is 0 Å². The third-order valence-electron chi connectivity index (χ3n) is 5.08. The quantitative estimate of drug-likeness (QED) is 0.655. The molecule has 0 unspecified atom stereocenters. The summed E-state index contributed by atoms with van der Waals surface area (Å²) < 4.78 is 26.6. The van der Waals surface area contributed by atoms with Crippen LogP contribution in [0.15, 0.2) is 18.2 Å². The van der Waals surface area contributed by atoms with Crippen LogP contribution in [0.2, 0.25) is 0 Å². The Kier molecular flexibility index (Phi) is 9.01. The van der Waals surface area contributed by atoms with Crippen LogP contribution in [-0.4, -0.2) is 48.9 Å². The Morgan fingerprint density at radius 2 is 1.83 bits per heavy atom. The minimum atomic E-state index is -0.708. The maximum absolute atomic E-state index is 13.3. The summed E-state index contributed by atoms with van der Waals surface area (Å²) in [7, 11) is 1.65. The Hall–Kier alpha value is -2.71. The van der Waals surface area contributed by atoms with Crippen molar-refractivity contribution >= 4 is 17.8 Å². The van der Waals surface area contributed by atoms with E-state index < -0.39 is 17.6 Å². The molecule has 4 amide bonds. The van der Waals surface area contributed by atoms with Crippen molar-refractivity contribution in [2.24, 2.45) is 5.92 Å². The summed E-state index contributed by atoms with van der Waals surface area (Å²) in [6, 6.07) is 2.62. The molecule has 0 radical (unpaired) electrons. The van der Waals surface area contributed by atoms with Gasteiger partial charge in [0.1, 0.15) is 11.6 Å². The van der Waals surface area contributed by atoms with Gasteiger partial charge >= 0.3 is 6.03 Å². The number of benzene rings is 1. The van der Waals surface area contributed by atoms with Gasteiger partial charge < -0.3 is 20.9 Å². The Bertz CT molecular complexity index is 740. The SMILES string of the molecule is CCCNC(=O)N[C@@H]1CCC[C@@H](C(=O)NCc2cc(F)cc(F)c2)CC(=O)N(C)C1. The van der Waals surface area contributed by atoms with Crippen LogP contribution in [0.1, 0.15) is 44.6 Å². The smallest absolute Gasteiger partial charge is 0.315 e. The van der Waals surface area contributed by atoms with Gasteiger partial charge in [-0.25, -0.2) is 13.6 Å². The van der Waals surface area contributed by atoms with Crippen LogP contribution in [0.5, 0.6) is 0 Å². The third kappa shape index (κ3) is 7.61. The number of urea groups is 1. The van der Waals surface area contributed by atoms with Crippen LogP contribution in [0, 0.1) is 17.6 Å². The van der Waals surface area contributed by atoms with Gasteiger partial charge in [-0.1, -0.05) is 13.3 Å². The van der Waals surface area contributed by atoms with Gasteiger partial charge in [-0.15, -0.1) is 0 Å². The fourth-order valence-corrected chi connectivity index (χ4v) is 3.47. The van der Waals surface area contributed by atoms with E-state index in [1.807, 2.05) is 6.92 Å². The maximum Gasteiger partial charge on any atom is 0.315 e. The first-order valence-electron chi connectivity index (χ1n) is 10.3. The van der Waals surface area contributed by atoms with Gasteiger partial charge in [0.25, 0.3) is 0 Å². The highest BCUT2D eigenvalue weighted by atomic mass is 19.1. The van der Waals surface area contributed by atoms with Crippen LogP contribution in [0.3, 0.4) is 0 Å². The first-order chi connectivity index (χ1) is 14.3. The summed E-state index contributed by atoms with van der Waals surface area (Å²) in [4.78, 5) is 38.6. The number of nitrogens with zero attached hydrogens (tertiary/aromatic N) is 1. The number of likely N-dealkylation sites (N-methyl/N-ethyl adjacent to an activating group) is 1. The van der Waals surface area contributed by atoms with Crippen molar-refractivity contribution < 1.29 is 23.2 Å². The zero-order valence-corrected chi connectivity index (χ0v) is 17.5. The van der Waals surface area contributed by atoms with Crippen molar-refractivity contribution in [1.82, 2.24) is 20.9 Å². The molecule has 1 aliphatic heterocycles. The molecule has 2 atom stereocenters. The Labute approximate surface area is 175 Å². The standard InChI is InChI=1S/C21H30F2N4O3/c1-3-7-24-21(30)26-18-6-4-5-15(10-19(28)27(2)13-18)20(29)25-12-14-8-16(22)11-17(23)9-14/h8-9,11,15,18H,3-7,10,12-13H2,1-2H3,(H,25,29)(H2,24,26,30)/t15-,18-/m1/s1. The Balaban J connectivity index is 1.94. The van der Waals surface area contributed by atoms with Crippen LogP contribution >= 0.6 is 0 Å². The van der Waals surface area contributed by atoms with E-state index in [2.05, 4.69) is 16.0 Å². The summed E-state index contributed by atoms with van der Waals surface area (Å²) in [5, 5.41) is 8.31. The first-order valence-corrected chi connectivity index (χ1v) is 10.3. The lowest BCUT2D eigenvalue weighted by atomic mass is 9.96. The highest BCUT2D eigenvalue weighted by Gasteiger charge is 2.27. The Morgan fingerprint density at radius 1 is 1.13 bits per heavy atom. The lowest BCUT2D eigenvalue weighted by molar-refractivity contribution is -0.135. The van der Waals surface area contributed by atoms with Crippen molar-refractivity contribution in [3.05, 3.63) is 35.4 Å². The van der Waals surface area contributed by atoms with Gasteiger partial charge in [-0.05, 0) is 37.0 Å². The molecule has 1 fully saturated rings. The molecular formula is C21H30F2N4O3. The molecule has 9 heteroatoms. The maximum atomic E-state index is 13.3. The summed E-state index contributed by atoms with van der Waals surface area (Å²) in [6.07, 6.45) is 2.66. The normalized spacial score (nSPS) is 20.0. The number of nitrogens with one attached hydrogen (secondary N) is 3. The van der Waals surface area contributed by atoms with Crippen molar-refractivity contribution in [3.8, 4) is 0 Å². The lowest BCUT2D eigenvalue weighted by Crippen LogP contribution is -2.48. The van der Waals surface area contributed by atoms with Crippen molar-refractivity contribution in [3.63, 3.8) is 0 Å². The zero-order chi connectivity index (χ0) is 22.1. The van der Waals surface area contributed by atoms with Gasteiger partial charge in [0.15, 0.2) is 0 Å². The van der Waals surface area contributed by atoms with Gasteiger partial charge in [-0.2, -0.15) is 0 Å². The molecule has 0 bridgehead atoms. The molecule has 166 valence electrons. The molecule has 0 aliphatic carbocycles. The molecule has 3 N–H and O–H groups in total. The third-order valence-corrected chi connectivity index (χ3v) is 5.08. The summed E-state index contributed by atoms with van der Waals surface area (Å²) >= 11 is 0. The largest absolute Gasteiger partial charge is 0.352 e. The molecule has 1 aromatic carbocycles. The predicted molar refractivity (Wildman–Crippen MR) is 108 cm³/mol. The molecule has 0 spiro atoms. The molecule has 7 nitrogen and oxygen atoms in total. The zero-order valence-electron chi connectivity index (χ0n) is 17.5. The number of hydrogen-bond donors (Lipinski definition) is 3. The number of halogens is 2. The molecule has 2 rings (SSSR count). The van der Waals surface area contributed by atoms with E-state index in [0.29, 0.717) is 37.9 Å². The molecule has 1 aliphatic rings. The van der Waals surface area contributed by atoms with E-state index in [1.165, 1.54) is 4.90 Å². The first kappa shape index (κ1) is 23.6. The van der Waals surface area contributed by atoms with Crippen molar-refractivity contribution in [2.45, 2.75) is 51.6 Å². The van der Waals surface area contributed by atoms with Crippen LogP contribution in [-0.2, 0) is 16.1 Å². The highest BCUT2D eigenvalue weighted by Crippen LogP contribution is 2.19. The summed E-state index contributed by atoms with van der Waals surface area (Å²) in [5.74, 6) is -2.46. The van der Waals surface area contributed by atoms with E-state index in [1.54, 1.807) is 7.05 Å². The molecular weight excluding hydrogens is 394 g/mol. The molecule has 0 aromatic heterocycles.